The second-order valence-corrected chi connectivity index (χ2v) is 16.5. The molecule has 310 valence electrons. The van der Waals surface area contributed by atoms with E-state index in [2.05, 4.69) is 68.9 Å². The highest BCUT2D eigenvalue weighted by molar-refractivity contribution is 5.86. The van der Waals surface area contributed by atoms with Gasteiger partial charge in [-0.15, -0.1) is 0 Å². The molecule has 0 saturated carbocycles. The number of aromatic nitrogens is 4. The Bertz CT molecular complexity index is 2110. The van der Waals surface area contributed by atoms with Crippen molar-refractivity contribution < 1.29 is 29.0 Å². The summed E-state index contributed by atoms with van der Waals surface area (Å²) in [7, 11) is 4.75. The van der Waals surface area contributed by atoms with Gasteiger partial charge in [-0.05, 0) is 90.1 Å². The largest absolute Gasteiger partial charge is 0.453 e. The van der Waals surface area contributed by atoms with Crippen LogP contribution in [0.4, 0.5) is 9.59 Å². The molecular weight excluding hydrogens is 739 g/mol. The van der Waals surface area contributed by atoms with E-state index in [1.807, 2.05) is 49.9 Å². The van der Waals surface area contributed by atoms with E-state index in [0.29, 0.717) is 13.1 Å². The highest BCUT2D eigenvalue weighted by atomic mass is 16.5. The molecule has 2 fully saturated rings. The molecule has 7 rings (SSSR count). The summed E-state index contributed by atoms with van der Waals surface area (Å²) in [6, 6.07) is 11.6. The van der Waals surface area contributed by atoms with Gasteiger partial charge in [-0.2, -0.15) is 0 Å². The van der Waals surface area contributed by atoms with E-state index >= 15 is 0 Å². The average Bonchev–Trinajstić information content (AvgIpc) is 4.04. The number of imidazole rings is 2. The van der Waals surface area contributed by atoms with Crippen molar-refractivity contribution in [2.45, 2.75) is 96.9 Å². The van der Waals surface area contributed by atoms with Gasteiger partial charge in [0.15, 0.2) is 0 Å². The number of hydrogen-bond acceptors (Lipinski definition) is 10. The van der Waals surface area contributed by atoms with Crippen LogP contribution in [-0.4, -0.2) is 111 Å². The summed E-state index contributed by atoms with van der Waals surface area (Å²) in [6.07, 6.45) is 5.02. The first kappa shape index (κ1) is 40.9. The van der Waals surface area contributed by atoms with Crippen LogP contribution in [-0.2, 0) is 27.4 Å². The molecule has 4 aromatic rings. The number of aliphatic hydroxyl groups is 1. The number of amides is 3. The molecule has 3 aliphatic heterocycles. The van der Waals surface area contributed by atoms with Crippen LogP contribution in [0.15, 0.2) is 48.8 Å². The lowest BCUT2D eigenvalue weighted by molar-refractivity contribution is -0.135. The van der Waals surface area contributed by atoms with Crippen LogP contribution in [0.1, 0.15) is 88.2 Å². The Balaban J connectivity index is 1.09. The number of aromatic amines is 2. The number of ether oxygens (including phenoxy) is 2. The summed E-state index contributed by atoms with van der Waals surface area (Å²) in [5, 5.41) is 17.0. The highest BCUT2D eigenvalue weighted by Crippen LogP contribution is 2.39. The van der Waals surface area contributed by atoms with Gasteiger partial charge in [-0.3, -0.25) is 14.6 Å². The van der Waals surface area contributed by atoms with Gasteiger partial charge < -0.3 is 40.1 Å². The molecule has 15 heteroatoms. The van der Waals surface area contributed by atoms with Gasteiger partial charge >= 0.3 is 12.2 Å². The molecule has 5 atom stereocenters. The summed E-state index contributed by atoms with van der Waals surface area (Å²) >= 11 is 0. The maximum atomic E-state index is 13.7. The predicted molar refractivity (Wildman–Crippen MR) is 219 cm³/mol. The molecule has 5 heterocycles. The van der Waals surface area contributed by atoms with Gasteiger partial charge in [0.25, 0.3) is 0 Å². The van der Waals surface area contributed by atoms with Gasteiger partial charge in [0, 0.05) is 26.2 Å². The smallest absolute Gasteiger partial charge is 0.407 e. The summed E-state index contributed by atoms with van der Waals surface area (Å²) in [5.41, 5.74) is 8.63. The maximum Gasteiger partial charge on any atom is 0.407 e. The standard InChI is InChI=1S/C43H57N9O6/c1-24(2)36(48-42(55)57-6)40(53)51-16-8-10-34(51)38-44-20-32(46-38)26-12-14-30-28(18-26)22-50(5)23-29-19-27(13-15-31(29)30)33-21-45-39(47-33)35-11-9-17-52(35)41(54)37(25(3)4)49-43(56)58-7/h12-15,18-21,24-25,34-37,40,53H,8-11,16-17,22-23H2,1-7H3,(H,44,46)(H,45,47)(H,48,55)(H,49,56)/t34-,35-,36-,37-,40?/m0/s1. The van der Waals surface area contributed by atoms with Gasteiger partial charge in [-0.1, -0.05) is 52.0 Å². The summed E-state index contributed by atoms with van der Waals surface area (Å²) < 4.78 is 9.61. The molecular formula is C43H57N9O6. The van der Waals surface area contributed by atoms with Crippen molar-refractivity contribution in [1.82, 2.24) is 45.3 Å². The highest BCUT2D eigenvalue weighted by Gasteiger charge is 2.39. The monoisotopic (exact) mass is 795 g/mol. The van der Waals surface area contributed by atoms with Crippen LogP contribution >= 0.6 is 0 Å². The van der Waals surface area contributed by atoms with Gasteiger partial charge in [0.1, 0.15) is 23.9 Å². The molecule has 5 N–H and O–H groups in total. The SMILES string of the molecule is COC(=O)N[C@@H](C(C)C)C(O)N1CCC[C@H]1c1ncc(-c2ccc3c(c2)CN(C)Cc2cc(-c4cnc([C@@H]5CCCN5C(=O)[C@@H](NC(=O)OC)C(C)C)[nH]4)ccc2-3)[nH]1. The minimum Gasteiger partial charge on any atom is -0.453 e. The van der Waals surface area contributed by atoms with E-state index in [0.717, 1.165) is 72.9 Å². The quantitative estimate of drug-likeness (QED) is 0.122. The zero-order chi connectivity index (χ0) is 41.2. The Hall–Kier alpha value is -5.25. The summed E-state index contributed by atoms with van der Waals surface area (Å²) in [4.78, 5) is 60.6. The second kappa shape index (κ2) is 17.3. The zero-order valence-corrected chi connectivity index (χ0v) is 34.5. The number of carbonyl (C=O) groups is 3. The molecule has 2 aromatic carbocycles. The molecule has 3 amide bonds. The minimum absolute atomic E-state index is 0.00949. The van der Waals surface area contributed by atoms with Crippen molar-refractivity contribution in [1.29, 1.82) is 0 Å². The summed E-state index contributed by atoms with van der Waals surface area (Å²) in [6.45, 7) is 10.6. The molecule has 15 nitrogen and oxygen atoms in total. The van der Waals surface area contributed by atoms with E-state index in [9.17, 15) is 19.5 Å². The van der Waals surface area contributed by atoms with Gasteiger partial charge in [0.2, 0.25) is 5.91 Å². The van der Waals surface area contributed by atoms with Crippen LogP contribution in [0.3, 0.4) is 0 Å². The fraction of sp³-hybridized carbons (Fsp3) is 0.512. The van der Waals surface area contributed by atoms with Crippen molar-refractivity contribution >= 4 is 18.1 Å². The molecule has 0 aliphatic carbocycles. The third-order valence-corrected chi connectivity index (χ3v) is 11.9. The fourth-order valence-electron chi connectivity index (χ4n) is 8.83. The van der Waals surface area contributed by atoms with E-state index in [4.69, 9.17) is 19.4 Å². The Labute approximate surface area is 339 Å². The predicted octanol–water partition coefficient (Wildman–Crippen LogP) is 5.96. The van der Waals surface area contributed by atoms with Crippen LogP contribution in [0, 0.1) is 11.8 Å². The summed E-state index contributed by atoms with van der Waals surface area (Å²) in [5.74, 6) is 1.28. The van der Waals surface area contributed by atoms with Crippen molar-refractivity contribution in [2.24, 2.45) is 11.8 Å². The first-order valence-corrected chi connectivity index (χ1v) is 20.3. The number of hydrogen-bond donors (Lipinski definition) is 5. The van der Waals surface area contributed by atoms with E-state index in [-0.39, 0.29) is 29.8 Å². The topological polar surface area (TPSA) is 181 Å². The first-order chi connectivity index (χ1) is 27.9. The number of likely N-dealkylation sites (tertiary alicyclic amines) is 2. The van der Waals surface area contributed by atoms with E-state index < -0.39 is 30.5 Å². The van der Waals surface area contributed by atoms with Crippen LogP contribution in [0.5, 0.6) is 0 Å². The third-order valence-electron chi connectivity index (χ3n) is 11.9. The third kappa shape index (κ3) is 8.34. The number of rotatable bonds is 11. The van der Waals surface area contributed by atoms with Crippen molar-refractivity contribution in [3.8, 4) is 33.6 Å². The fourth-order valence-corrected chi connectivity index (χ4v) is 8.83. The molecule has 2 saturated heterocycles. The van der Waals surface area contributed by atoms with E-state index in [1.54, 1.807) is 0 Å². The number of aliphatic hydroxyl groups excluding tert-OH is 1. The number of H-pyrrole nitrogens is 2. The number of benzene rings is 2. The Kier molecular flexibility index (Phi) is 12.2. The van der Waals surface area contributed by atoms with Gasteiger partial charge in [0.05, 0.1) is 56.1 Å². The molecule has 0 bridgehead atoms. The number of carbonyl (C=O) groups excluding carboxylic acids is 3. The molecule has 1 unspecified atom stereocenters. The lowest BCUT2D eigenvalue weighted by Gasteiger charge is -2.35. The maximum absolute atomic E-state index is 13.7. The second-order valence-electron chi connectivity index (χ2n) is 16.5. The average molecular weight is 796 g/mol. The van der Waals surface area contributed by atoms with E-state index in [1.165, 1.54) is 36.5 Å². The van der Waals surface area contributed by atoms with Crippen molar-refractivity contribution in [2.75, 3.05) is 34.4 Å². The molecule has 0 radical (unpaired) electrons. The lowest BCUT2D eigenvalue weighted by Crippen LogP contribution is -2.54. The molecule has 58 heavy (non-hydrogen) atoms. The number of methoxy groups -OCH3 is 2. The minimum atomic E-state index is -0.895. The Morgan fingerprint density at radius 3 is 1.86 bits per heavy atom. The Morgan fingerprint density at radius 1 is 0.776 bits per heavy atom. The van der Waals surface area contributed by atoms with Crippen LogP contribution < -0.4 is 10.6 Å². The number of nitrogens with one attached hydrogen (secondary N) is 4. The zero-order valence-electron chi connectivity index (χ0n) is 34.5. The van der Waals surface area contributed by atoms with Gasteiger partial charge in [-0.25, -0.2) is 19.6 Å². The first-order valence-electron chi connectivity index (χ1n) is 20.3. The molecule has 3 aliphatic rings. The Morgan fingerprint density at radius 2 is 1.31 bits per heavy atom. The number of fused-ring (bicyclic) bond motifs is 3. The number of nitrogens with zero attached hydrogens (tertiary/aromatic N) is 5. The molecule has 2 aromatic heterocycles. The van der Waals surface area contributed by atoms with Crippen molar-refractivity contribution in [3.05, 3.63) is 71.6 Å². The molecule has 0 spiro atoms. The van der Waals surface area contributed by atoms with Crippen LogP contribution in [0.25, 0.3) is 33.6 Å². The normalized spacial score (nSPS) is 20.0. The van der Waals surface area contributed by atoms with Crippen LogP contribution in [0.2, 0.25) is 0 Å². The number of alkyl carbamates (subject to hydrolysis) is 2. The van der Waals surface area contributed by atoms with Crippen molar-refractivity contribution in [3.63, 3.8) is 0 Å². The lowest BCUT2D eigenvalue weighted by atomic mass is 9.93.